The maximum Gasteiger partial charge on any atom is 0.207 e. The Kier molecular flexibility index (Phi) is 3.19. The maximum absolute atomic E-state index is 13.3. The van der Waals surface area contributed by atoms with Crippen molar-refractivity contribution in [3.8, 4) is 5.75 Å². The Bertz CT molecular complexity index is 1390. The topological polar surface area (TPSA) is 43.4 Å². The second-order valence-corrected chi connectivity index (χ2v) is 9.26. The molecule has 4 aromatic rings. The lowest BCUT2D eigenvalue weighted by Crippen LogP contribution is -2.40. The van der Waals surface area contributed by atoms with Gasteiger partial charge in [0.2, 0.25) is 9.84 Å². The monoisotopic (exact) mass is 396 g/mol. The summed E-state index contributed by atoms with van der Waals surface area (Å²) in [5.41, 5.74) is 1.29. The van der Waals surface area contributed by atoms with Crippen molar-refractivity contribution >= 4 is 26.7 Å². The van der Waals surface area contributed by atoms with Crippen LogP contribution in [0.2, 0.25) is 0 Å². The van der Waals surface area contributed by atoms with Crippen LogP contribution in [-0.4, -0.2) is 8.42 Å². The van der Waals surface area contributed by atoms with Crippen LogP contribution >= 0.6 is 0 Å². The molecule has 140 valence electrons. The average Bonchev–Trinajstić information content (AvgIpc) is 2.78. The minimum atomic E-state index is -3.61. The van der Waals surface area contributed by atoms with E-state index in [4.69, 9.17) is 4.74 Å². The van der Waals surface area contributed by atoms with Gasteiger partial charge in [0.1, 0.15) is 5.75 Å². The summed E-state index contributed by atoms with van der Waals surface area (Å²) in [6.45, 7) is 0. The van der Waals surface area contributed by atoms with Crippen molar-refractivity contribution in [2.24, 2.45) is 0 Å². The second-order valence-electron chi connectivity index (χ2n) is 7.37. The number of benzene rings is 4. The van der Waals surface area contributed by atoms with Gasteiger partial charge in [0.25, 0.3) is 0 Å². The molecule has 0 fully saturated rings. The molecular formula is C25H16O3S. The molecule has 4 heteroatoms. The number of ether oxygens (including phenoxy) is 1. The first-order valence-electron chi connectivity index (χ1n) is 9.45. The van der Waals surface area contributed by atoms with Crippen molar-refractivity contribution in [2.45, 2.75) is 15.4 Å². The van der Waals surface area contributed by atoms with E-state index < -0.39 is 15.4 Å². The predicted molar refractivity (Wildman–Crippen MR) is 113 cm³/mol. The zero-order valence-corrected chi connectivity index (χ0v) is 16.2. The van der Waals surface area contributed by atoms with Crippen molar-refractivity contribution in [1.82, 2.24) is 0 Å². The summed E-state index contributed by atoms with van der Waals surface area (Å²) in [5, 5.41) is 2.10. The smallest absolute Gasteiger partial charge is 0.207 e. The Labute approximate surface area is 168 Å². The first-order valence-corrected chi connectivity index (χ1v) is 10.9. The summed E-state index contributed by atoms with van der Waals surface area (Å²) >= 11 is 0. The Morgan fingerprint density at radius 3 is 2.03 bits per heavy atom. The zero-order valence-electron chi connectivity index (χ0n) is 15.4. The minimum absolute atomic E-state index is 0.298. The molecule has 0 unspecified atom stereocenters. The lowest BCUT2D eigenvalue weighted by molar-refractivity contribution is 0.155. The highest BCUT2D eigenvalue weighted by molar-refractivity contribution is 7.91. The first kappa shape index (κ1) is 16.6. The van der Waals surface area contributed by atoms with E-state index >= 15 is 0 Å². The van der Waals surface area contributed by atoms with E-state index in [1.54, 1.807) is 24.3 Å². The van der Waals surface area contributed by atoms with E-state index in [-0.39, 0.29) is 0 Å². The molecule has 2 aliphatic heterocycles. The van der Waals surface area contributed by atoms with Gasteiger partial charge in [-0.3, -0.25) is 0 Å². The Morgan fingerprint density at radius 2 is 1.31 bits per heavy atom. The third-order valence-electron chi connectivity index (χ3n) is 5.82. The number of rotatable bonds is 0. The van der Waals surface area contributed by atoms with Crippen molar-refractivity contribution < 1.29 is 13.2 Å². The van der Waals surface area contributed by atoms with Gasteiger partial charge in [-0.25, -0.2) is 8.42 Å². The Balaban J connectivity index is 1.72. The van der Waals surface area contributed by atoms with E-state index in [0.29, 0.717) is 20.9 Å². The Morgan fingerprint density at radius 1 is 0.690 bits per heavy atom. The highest BCUT2D eigenvalue weighted by atomic mass is 32.2. The lowest BCUT2D eigenvalue weighted by Gasteiger charge is -2.40. The molecule has 0 radical (unpaired) electrons. The molecule has 2 heterocycles. The zero-order chi connectivity index (χ0) is 19.6. The molecule has 4 aromatic carbocycles. The van der Waals surface area contributed by atoms with Gasteiger partial charge in [-0.15, -0.1) is 0 Å². The molecule has 0 atom stereocenters. The van der Waals surface area contributed by atoms with Crippen LogP contribution in [0.5, 0.6) is 5.75 Å². The fraction of sp³-hybridized carbons (Fsp3) is 0.0400. The molecular weight excluding hydrogens is 380 g/mol. The van der Waals surface area contributed by atoms with Gasteiger partial charge in [-0.05, 0) is 23.6 Å². The summed E-state index contributed by atoms with van der Waals surface area (Å²) in [5.74, 6) is 0.773. The van der Waals surface area contributed by atoms with Crippen LogP contribution in [0, 0.1) is 0 Å². The summed E-state index contributed by atoms with van der Waals surface area (Å²) in [4.78, 5) is 0.596. The normalized spacial score (nSPS) is 17.2. The van der Waals surface area contributed by atoms with Crippen molar-refractivity contribution in [2.75, 3.05) is 0 Å². The summed E-state index contributed by atoms with van der Waals surface area (Å²) < 4.78 is 33.4. The molecule has 0 amide bonds. The fourth-order valence-corrected chi connectivity index (χ4v) is 6.25. The van der Waals surface area contributed by atoms with Gasteiger partial charge in [0.05, 0.1) is 9.79 Å². The Hall–Kier alpha value is -3.37. The van der Waals surface area contributed by atoms with E-state index in [1.165, 1.54) is 0 Å². The van der Waals surface area contributed by atoms with Gasteiger partial charge in [-0.2, -0.15) is 0 Å². The maximum atomic E-state index is 13.3. The average molecular weight is 396 g/mol. The van der Waals surface area contributed by atoms with Crippen LogP contribution in [0.4, 0.5) is 0 Å². The molecule has 29 heavy (non-hydrogen) atoms. The van der Waals surface area contributed by atoms with Crippen LogP contribution in [0.3, 0.4) is 0 Å². The summed E-state index contributed by atoms with van der Waals surface area (Å²) in [7, 11) is -3.61. The van der Waals surface area contributed by atoms with E-state index in [1.807, 2.05) is 60.7 Å². The SMILES string of the molecule is O=S1(=O)c2ccccc2C2(C=Cc3ccc4ccccc4c3O2)c2ccccc21. The van der Waals surface area contributed by atoms with E-state index in [9.17, 15) is 8.42 Å². The number of fused-ring (bicyclic) bond motifs is 7. The third kappa shape index (κ3) is 2.09. The number of hydrogen-bond donors (Lipinski definition) is 0. The van der Waals surface area contributed by atoms with Crippen LogP contribution in [0.1, 0.15) is 16.7 Å². The van der Waals surface area contributed by atoms with E-state index in [2.05, 4.69) is 12.1 Å². The van der Waals surface area contributed by atoms with Crippen LogP contribution in [0.15, 0.2) is 101 Å². The number of hydrogen-bond acceptors (Lipinski definition) is 3. The van der Waals surface area contributed by atoms with Crippen molar-refractivity contribution in [1.29, 1.82) is 0 Å². The van der Waals surface area contributed by atoms with Gasteiger partial charge >= 0.3 is 0 Å². The predicted octanol–water partition coefficient (Wildman–Crippen LogP) is 5.34. The second kappa shape index (κ2) is 5.58. The lowest BCUT2D eigenvalue weighted by atomic mass is 9.83. The first-order chi connectivity index (χ1) is 14.1. The highest BCUT2D eigenvalue weighted by Crippen LogP contribution is 2.51. The molecule has 0 aromatic heterocycles. The van der Waals surface area contributed by atoms with Gasteiger partial charge in [0, 0.05) is 22.1 Å². The standard InChI is InChI=1S/C25H16O3S/c26-29(27)22-11-5-3-9-20(22)25(21-10-4-6-12-23(21)29)16-15-18-14-13-17-7-1-2-8-19(17)24(18)28-25/h1-16H. The number of sulfone groups is 1. The molecule has 0 bridgehead atoms. The van der Waals surface area contributed by atoms with Gasteiger partial charge in [-0.1, -0.05) is 78.9 Å². The van der Waals surface area contributed by atoms with E-state index in [0.717, 1.165) is 22.1 Å². The molecule has 0 aliphatic carbocycles. The van der Waals surface area contributed by atoms with Crippen LogP contribution in [-0.2, 0) is 15.4 Å². The minimum Gasteiger partial charge on any atom is -0.472 e. The highest BCUT2D eigenvalue weighted by Gasteiger charge is 2.48. The van der Waals surface area contributed by atoms with Crippen LogP contribution in [0.25, 0.3) is 16.8 Å². The van der Waals surface area contributed by atoms with Crippen LogP contribution < -0.4 is 4.74 Å². The van der Waals surface area contributed by atoms with Gasteiger partial charge < -0.3 is 4.74 Å². The van der Waals surface area contributed by atoms with Gasteiger partial charge in [0.15, 0.2) is 5.60 Å². The fourth-order valence-electron chi connectivity index (χ4n) is 4.48. The molecule has 1 spiro atoms. The van der Waals surface area contributed by atoms with Crippen molar-refractivity contribution in [3.63, 3.8) is 0 Å². The molecule has 0 saturated carbocycles. The molecule has 2 aliphatic rings. The largest absolute Gasteiger partial charge is 0.472 e. The summed E-state index contributed by atoms with van der Waals surface area (Å²) in [6.07, 6.45) is 4.02. The molecule has 6 rings (SSSR count). The third-order valence-corrected chi connectivity index (χ3v) is 7.69. The molecule has 0 saturated heterocycles. The molecule has 3 nitrogen and oxygen atoms in total. The molecule has 0 N–H and O–H groups in total. The quantitative estimate of drug-likeness (QED) is 0.403. The summed E-state index contributed by atoms with van der Waals surface area (Å²) in [6, 6.07) is 26.5. The van der Waals surface area contributed by atoms with Crippen molar-refractivity contribution in [3.05, 3.63) is 108 Å².